The summed E-state index contributed by atoms with van der Waals surface area (Å²) in [7, 11) is 3.65. The fraction of sp³-hybridized carbons (Fsp3) is 0.571. The molecule has 0 unspecified atom stereocenters. The van der Waals surface area contributed by atoms with Crippen molar-refractivity contribution in [2.45, 2.75) is 25.9 Å². The van der Waals surface area contributed by atoms with Crippen LogP contribution in [0.1, 0.15) is 28.0 Å². The molecule has 0 saturated heterocycles. The summed E-state index contributed by atoms with van der Waals surface area (Å²) in [5.41, 5.74) is 3.89. The fourth-order valence-corrected chi connectivity index (χ4v) is 2.70. The second kappa shape index (κ2) is 6.84. The Labute approximate surface area is 123 Å². The van der Waals surface area contributed by atoms with E-state index in [-0.39, 0.29) is 11.1 Å². The summed E-state index contributed by atoms with van der Waals surface area (Å²) in [5.74, 6) is 4.63. The number of carbonyl (C=O) groups is 1. The Morgan fingerprint density at radius 3 is 2.95 bits per heavy atom. The van der Waals surface area contributed by atoms with E-state index in [1.54, 1.807) is 17.7 Å². The van der Waals surface area contributed by atoms with Crippen LogP contribution in [0.3, 0.4) is 0 Å². The second-order valence-corrected chi connectivity index (χ2v) is 5.29. The standard InChI is InChI=1S/C14H22N4O3/c1-17-6-4-12-10(9-17)8-11(13(19)16-15)14(20)18(12)5-3-7-21-2/h8H,3-7,9,15H2,1-2H3,(H,16,19). The highest BCUT2D eigenvalue weighted by molar-refractivity contribution is 5.93. The van der Waals surface area contributed by atoms with Crippen LogP contribution in [0.15, 0.2) is 10.9 Å². The molecule has 1 aromatic heterocycles. The van der Waals surface area contributed by atoms with Crippen LogP contribution in [0.5, 0.6) is 0 Å². The number of likely N-dealkylation sites (N-methyl/N-ethyl adjacent to an activating group) is 1. The predicted molar refractivity (Wildman–Crippen MR) is 78.9 cm³/mol. The van der Waals surface area contributed by atoms with Gasteiger partial charge in [0.2, 0.25) is 0 Å². The number of nitrogens with two attached hydrogens (primary N) is 1. The molecule has 0 aromatic carbocycles. The first kappa shape index (κ1) is 15.7. The Kier molecular flexibility index (Phi) is 5.11. The largest absolute Gasteiger partial charge is 0.385 e. The highest BCUT2D eigenvalue weighted by Crippen LogP contribution is 2.18. The summed E-state index contributed by atoms with van der Waals surface area (Å²) in [6.45, 7) is 2.75. The number of nitrogens with zero attached hydrogens (tertiary/aromatic N) is 2. The molecule has 2 heterocycles. The molecule has 116 valence electrons. The quantitative estimate of drug-likeness (QED) is 0.330. The van der Waals surface area contributed by atoms with E-state index >= 15 is 0 Å². The van der Waals surface area contributed by atoms with E-state index in [1.165, 1.54) is 0 Å². The molecule has 0 saturated carbocycles. The maximum atomic E-state index is 12.5. The summed E-state index contributed by atoms with van der Waals surface area (Å²) in [6.07, 6.45) is 1.53. The van der Waals surface area contributed by atoms with Crippen LogP contribution in [0.2, 0.25) is 0 Å². The van der Waals surface area contributed by atoms with Crippen LogP contribution < -0.4 is 16.8 Å². The van der Waals surface area contributed by atoms with Crippen molar-refractivity contribution < 1.29 is 9.53 Å². The van der Waals surface area contributed by atoms with E-state index in [9.17, 15) is 9.59 Å². The van der Waals surface area contributed by atoms with Crippen molar-refractivity contribution in [2.24, 2.45) is 5.84 Å². The molecule has 0 bridgehead atoms. The lowest BCUT2D eigenvalue weighted by molar-refractivity contribution is 0.0951. The first-order valence-corrected chi connectivity index (χ1v) is 7.02. The van der Waals surface area contributed by atoms with Crippen molar-refractivity contribution in [1.29, 1.82) is 0 Å². The number of hydrogen-bond acceptors (Lipinski definition) is 5. The molecule has 1 aliphatic rings. The number of nitrogens with one attached hydrogen (secondary N) is 1. The average Bonchev–Trinajstić information content (AvgIpc) is 2.48. The molecule has 21 heavy (non-hydrogen) atoms. The minimum Gasteiger partial charge on any atom is -0.385 e. The Balaban J connectivity index is 2.46. The van der Waals surface area contributed by atoms with Crippen LogP contribution >= 0.6 is 0 Å². The van der Waals surface area contributed by atoms with Gasteiger partial charge in [0.15, 0.2) is 0 Å². The number of rotatable bonds is 5. The van der Waals surface area contributed by atoms with Gasteiger partial charge in [-0.3, -0.25) is 15.0 Å². The van der Waals surface area contributed by atoms with Gasteiger partial charge >= 0.3 is 0 Å². The van der Waals surface area contributed by atoms with Crippen LogP contribution in [0, 0.1) is 0 Å². The smallest absolute Gasteiger partial charge is 0.270 e. The molecule has 1 aromatic rings. The number of carbonyl (C=O) groups excluding carboxylic acids is 1. The Bertz CT molecular complexity index is 582. The highest BCUT2D eigenvalue weighted by Gasteiger charge is 2.22. The van der Waals surface area contributed by atoms with Gasteiger partial charge in [-0.15, -0.1) is 0 Å². The molecule has 0 radical (unpaired) electrons. The van der Waals surface area contributed by atoms with Crippen LogP contribution in [-0.2, 0) is 24.2 Å². The lowest BCUT2D eigenvalue weighted by Gasteiger charge is -2.28. The molecule has 0 atom stereocenters. The molecule has 7 nitrogen and oxygen atoms in total. The number of pyridine rings is 1. The highest BCUT2D eigenvalue weighted by atomic mass is 16.5. The number of aromatic nitrogens is 1. The zero-order valence-electron chi connectivity index (χ0n) is 12.5. The van der Waals surface area contributed by atoms with Gasteiger partial charge < -0.3 is 14.2 Å². The van der Waals surface area contributed by atoms with E-state index in [0.717, 1.165) is 37.2 Å². The molecule has 7 heteroatoms. The van der Waals surface area contributed by atoms with Crippen molar-refractivity contribution >= 4 is 5.91 Å². The molecule has 0 spiro atoms. The Morgan fingerprint density at radius 2 is 2.29 bits per heavy atom. The van der Waals surface area contributed by atoms with Crippen molar-refractivity contribution in [3.05, 3.63) is 33.2 Å². The van der Waals surface area contributed by atoms with Crippen molar-refractivity contribution in [1.82, 2.24) is 14.9 Å². The average molecular weight is 294 g/mol. The van der Waals surface area contributed by atoms with Gasteiger partial charge in [0.1, 0.15) is 5.56 Å². The zero-order chi connectivity index (χ0) is 15.4. The number of methoxy groups -OCH3 is 1. The monoisotopic (exact) mass is 294 g/mol. The molecule has 1 amide bonds. The van der Waals surface area contributed by atoms with Gasteiger partial charge in [-0.2, -0.15) is 0 Å². The fourth-order valence-electron chi connectivity index (χ4n) is 2.70. The summed E-state index contributed by atoms with van der Waals surface area (Å²) in [4.78, 5) is 26.5. The van der Waals surface area contributed by atoms with Crippen LogP contribution in [0.25, 0.3) is 0 Å². The summed E-state index contributed by atoms with van der Waals surface area (Å²) in [5, 5.41) is 0. The minimum atomic E-state index is -0.545. The second-order valence-electron chi connectivity index (χ2n) is 5.29. The number of hydrazine groups is 1. The van der Waals surface area contributed by atoms with E-state index in [1.807, 2.05) is 12.5 Å². The number of hydrogen-bond donors (Lipinski definition) is 2. The molecule has 0 aliphatic carbocycles. The summed E-state index contributed by atoms with van der Waals surface area (Å²) < 4.78 is 6.74. The number of nitrogen functional groups attached to an aromatic ring is 1. The molecule has 0 fully saturated rings. The number of fused-ring (bicyclic) bond motifs is 1. The summed E-state index contributed by atoms with van der Waals surface area (Å²) >= 11 is 0. The van der Waals surface area contributed by atoms with Gasteiger partial charge in [0.25, 0.3) is 11.5 Å². The third-order valence-electron chi connectivity index (χ3n) is 3.77. The van der Waals surface area contributed by atoms with E-state index in [0.29, 0.717) is 13.2 Å². The third kappa shape index (κ3) is 3.31. The Morgan fingerprint density at radius 1 is 1.52 bits per heavy atom. The van der Waals surface area contributed by atoms with Crippen molar-refractivity contribution in [3.63, 3.8) is 0 Å². The van der Waals surface area contributed by atoms with Gasteiger partial charge in [-0.1, -0.05) is 0 Å². The molecule has 2 rings (SSSR count). The van der Waals surface area contributed by atoms with Crippen molar-refractivity contribution in [2.75, 3.05) is 27.3 Å². The van der Waals surface area contributed by atoms with Gasteiger partial charge in [-0.25, -0.2) is 5.84 Å². The predicted octanol–water partition coefficient (Wildman–Crippen LogP) is -0.524. The van der Waals surface area contributed by atoms with Crippen LogP contribution in [-0.4, -0.2) is 42.7 Å². The Hall–Kier alpha value is -1.70. The number of ether oxygens (including phenoxy) is 1. The topological polar surface area (TPSA) is 89.6 Å². The molecule has 1 aliphatic heterocycles. The normalized spacial score (nSPS) is 14.8. The zero-order valence-corrected chi connectivity index (χ0v) is 12.5. The third-order valence-corrected chi connectivity index (χ3v) is 3.77. The number of amides is 1. The SMILES string of the molecule is COCCCn1c2c(cc(C(=O)NN)c1=O)CN(C)CC2. The van der Waals surface area contributed by atoms with E-state index in [2.05, 4.69) is 4.90 Å². The molecular formula is C14H22N4O3. The lowest BCUT2D eigenvalue weighted by Crippen LogP contribution is -2.40. The van der Waals surface area contributed by atoms with Gasteiger partial charge in [0, 0.05) is 45.5 Å². The lowest BCUT2D eigenvalue weighted by atomic mass is 10.0. The summed E-state index contributed by atoms with van der Waals surface area (Å²) in [6, 6.07) is 1.67. The van der Waals surface area contributed by atoms with Crippen molar-refractivity contribution in [3.8, 4) is 0 Å². The molecule has 3 N–H and O–H groups in total. The van der Waals surface area contributed by atoms with Gasteiger partial charge in [0.05, 0.1) is 0 Å². The maximum Gasteiger partial charge on any atom is 0.270 e. The van der Waals surface area contributed by atoms with Gasteiger partial charge in [-0.05, 0) is 25.1 Å². The van der Waals surface area contributed by atoms with E-state index < -0.39 is 5.91 Å². The van der Waals surface area contributed by atoms with Crippen LogP contribution in [0.4, 0.5) is 0 Å². The minimum absolute atomic E-state index is 0.101. The first-order chi connectivity index (χ1) is 10.1. The first-order valence-electron chi connectivity index (χ1n) is 7.02. The maximum absolute atomic E-state index is 12.5. The van der Waals surface area contributed by atoms with E-state index in [4.69, 9.17) is 10.6 Å². The molecular weight excluding hydrogens is 272 g/mol.